The lowest BCUT2D eigenvalue weighted by Gasteiger charge is -2.31. The number of nitrogens with one attached hydrogen (secondary N) is 2. The van der Waals surface area contributed by atoms with E-state index in [2.05, 4.69) is 39.9 Å². The standard InChI is InChI=1S/C19H30N4O2S.HI/c1-20-19(21-14-15-9-11-23(12-10-15)26(2,24)25)22-18-8-7-16-5-3-4-6-17(16)13-18;/h3-6,15,18H,7-14H2,1-2H3,(H2,20,21,22);1H. The zero-order chi connectivity index (χ0) is 18.6. The second-order valence-corrected chi connectivity index (χ2v) is 9.39. The summed E-state index contributed by atoms with van der Waals surface area (Å²) in [5.74, 6) is 1.33. The molecule has 1 aromatic rings. The predicted octanol–water partition coefficient (Wildman–Crippen LogP) is 2.00. The smallest absolute Gasteiger partial charge is 0.211 e. The fourth-order valence-corrected chi connectivity index (χ4v) is 4.77. The summed E-state index contributed by atoms with van der Waals surface area (Å²) in [7, 11) is -1.25. The Kier molecular flexibility index (Phi) is 8.36. The zero-order valence-electron chi connectivity index (χ0n) is 16.1. The van der Waals surface area contributed by atoms with Crippen molar-refractivity contribution in [3.8, 4) is 0 Å². The van der Waals surface area contributed by atoms with Crippen LogP contribution in [-0.4, -0.2) is 57.7 Å². The molecule has 2 aliphatic rings. The molecule has 1 heterocycles. The number of hydrogen-bond acceptors (Lipinski definition) is 3. The van der Waals surface area contributed by atoms with Gasteiger partial charge in [0.05, 0.1) is 6.26 Å². The molecule has 1 unspecified atom stereocenters. The van der Waals surface area contributed by atoms with Gasteiger partial charge in [-0.1, -0.05) is 24.3 Å². The fraction of sp³-hybridized carbons (Fsp3) is 0.632. The second kappa shape index (κ2) is 10.1. The van der Waals surface area contributed by atoms with Crippen LogP contribution in [0.2, 0.25) is 0 Å². The maximum absolute atomic E-state index is 11.6. The lowest BCUT2D eigenvalue weighted by atomic mass is 9.88. The first kappa shape index (κ1) is 22.4. The summed E-state index contributed by atoms with van der Waals surface area (Å²) in [6.07, 6.45) is 6.34. The molecule has 0 spiro atoms. The highest BCUT2D eigenvalue weighted by atomic mass is 127. The quantitative estimate of drug-likeness (QED) is 0.372. The van der Waals surface area contributed by atoms with Crippen molar-refractivity contribution in [1.82, 2.24) is 14.9 Å². The maximum Gasteiger partial charge on any atom is 0.211 e. The van der Waals surface area contributed by atoms with Gasteiger partial charge in [0, 0.05) is 32.7 Å². The number of benzene rings is 1. The zero-order valence-corrected chi connectivity index (χ0v) is 19.3. The number of guanidine groups is 1. The summed E-state index contributed by atoms with van der Waals surface area (Å²) >= 11 is 0. The predicted molar refractivity (Wildman–Crippen MR) is 121 cm³/mol. The van der Waals surface area contributed by atoms with E-state index in [9.17, 15) is 8.42 Å². The summed E-state index contributed by atoms with van der Waals surface area (Å²) in [6, 6.07) is 9.07. The van der Waals surface area contributed by atoms with Crippen LogP contribution >= 0.6 is 24.0 Å². The summed E-state index contributed by atoms with van der Waals surface area (Å²) in [4.78, 5) is 4.36. The Balaban J connectivity index is 0.00000261. The molecule has 1 aliphatic heterocycles. The van der Waals surface area contributed by atoms with Crippen LogP contribution in [0.15, 0.2) is 29.3 Å². The molecule has 6 nitrogen and oxygen atoms in total. The third-order valence-corrected chi connectivity index (χ3v) is 6.82. The van der Waals surface area contributed by atoms with E-state index >= 15 is 0 Å². The van der Waals surface area contributed by atoms with E-state index in [-0.39, 0.29) is 24.0 Å². The monoisotopic (exact) mass is 506 g/mol. The Labute approximate surface area is 180 Å². The van der Waals surface area contributed by atoms with Crippen LogP contribution < -0.4 is 10.6 Å². The fourth-order valence-electron chi connectivity index (χ4n) is 3.90. The van der Waals surface area contributed by atoms with Crippen LogP contribution in [0.3, 0.4) is 0 Å². The Hall–Kier alpha value is -0.870. The first-order valence-electron chi connectivity index (χ1n) is 9.45. The molecule has 1 saturated heterocycles. The number of aryl methyl sites for hydroxylation is 1. The third-order valence-electron chi connectivity index (χ3n) is 5.51. The average molecular weight is 506 g/mol. The van der Waals surface area contributed by atoms with Crippen LogP contribution in [0.1, 0.15) is 30.4 Å². The summed E-state index contributed by atoms with van der Waals surface area (Å²) in [5, 5.41) is 6.99. The van der Waals surface area contributed by atoms with Gasteiger partial charge in [-0.25, -0.2) is 12.7 Å². The molecule has 0 aromatic heterocycles. The highest BCUT2D eigenvalue weighted by molar-refractivity contribution is 14.0. The highest BCUT2D eigenvalue weighted by Gasteiger charge is 2.25. The molecule has 0 radical (unpaired) electrons. The Morgan fingerprint density at radius 1 is 1.19 bits per heavy atom. The number of fused-ring (bicyclic) bond motifs is 1. The van der Waals surface area contributed by atoms with Gasteiger partial charge in [0.1, 0.15) is 0 Å². The molecule has 27 heavy (non-hydrogen) atoms. The van der Waals surface area contributed by atoms with Crippen molar-refractivity contribution >= 4 is 40.0 Å². The Morgan fingerprint density at radius 2 is 1.85 bits per heavy atom. The molecule has 1 aromatic carbocycles. The summed E-state index contributed by atoms with van der Waals surface area (Å²) < 4.78 is 24.8. The largest absolute Gasteiger partial charge is 0.356 e. The number of halogens is 1. The molecule has 3 rings (SSSR count). The molecule has 2 N–H and O–H groups in total. The molecule has 8 heteroatoms. The topological polar surface area (TPSA) is 73.8 Å². The van der Waals surface area contributed by atoms with Crippen LogP contribution in [0, 0.1) is 5.92 Å². The van der Waals surface area contributed by atoms with Gasteiger partial charge in [-0.05, 0) is 49.1 Å². The van der Waals surface area contributed by atoms with E-state index in [1.165, 1.54) is 17.4 Å². The van der Waals surface area contributed by atoms with Gasteiger partial charge in [0.15, 0.2) is 5.96 Å². The van der Waals surface area contributed by atoms with Crippen LogP contribution in [0.5, 0.6) is 0 Å². The van der Waals surface area contributed by atoms with Crippen molar-refractivity contribution in [2.24, 2.45) is 10.9 Å². The molecule has 0 amide bonds. The van der Waals surface area contributed by atoms with Crippen LogP contribution in [0.4, 0.5) is 0 Å². The minimum Gasteiger partial charge on any atom is -0.356 e. The lowest BCUT2D eigenvalue weighted by molar-refractivity contribution is 0.274. The van der Waals surface area contributed by atoms with Gasteiger partial charge in [-0.2, -0.15) is 0 Å². The van der Waals surface area contributed by atoms with E-state index in [0.29, 0.717) is 25.0 Å². The molecule has 0 bridgehead atoms. The van der Waals surface area contributed by atoms with Gasteiger partial charge in [-0.3, -0.25) is 4.99 Å². The van der Waals surface area contributed by atoms with E-state index < -0.39 is 10.0 Å². The minimum atomic E-state index is -3.05. The van der Waals surface area contributed by atoms with Gasteiger partial charge < -0.3 is 10.6 Å². The van der Waals surface area contributed by atoms with Crippen LogP contribution in [0.25, 0.3) is 0 Å². The number of hydrogen-bond donors (Lipinski definition) is 2. The van der Waals surface area contributed by atoms with E-state index in [0.717, 1.165) is 44.6 Å². The SMILES string of the molecule is CN=C(NCC1CCN(S(C)(=O)=O)CC1)NC1CCc2ccccc2C1.I. The summed E-state index contributed by atoms with van der Waals surface area (Å²) in [5.41, 5.74) is 2.89. The van der Waals surface area contributed by atoms with E-state index in [1.807, 2.05) is 0 Å². The van der Waals surface area contributed by atoms with E-state index in [4.69, 9.17) is 0 Å². The first-order chi connectivity index (χ1) is 12.5. The number of rotatable bonds is 4. The van der Waals surface area contributed by atoms with Gasteiger partial charge in [-0.15, -0.1) is 24.0 Å². The van der Waals surface area contributed by atoms with Gasteiger partial charge >= 0.3 is 0 Å². The normalized spacial score (nSPS) is 21.9. The first-order valence-corrected chi connectivity index (χ1v) is 11.3. The van der Waals surface area contributed by atoms with Crippen molar-refractivity contribution in [1.29, 1.82) is 0 Å². The van der Waals surface area contributed by atoms with Crippen molar-refractivity contribution in [2.45, 2.75) is 38.1 Å². The number of piperidine rings is 1. The van der Waals surface area contributed by atoms with E-state index in [1.54, 1.807) is 11.4 Å². The molecule has 1 aliphatic carbocycles. The van der Waals surface area contributed by atoms with Gasteiger partial charge in [0.25, 0.3) is 0 Å². The van der Waals surface area contributed by atoms with Crippen LogP contribution in [-0.2, 0) is 22.9 Å². The molecule has 1 fully saturated rings. The van der Waals surface area contributed by atoms with Gasteiger partial charge in [0.2, 0.25) is 10.0 Å². The Morgan fingerprint density at radius 3 is 2.48 bits per heavy atom. The lowest BCUT2D eigenvalue weighted by Crippen LogP contribution is -2.48. The molecule has 152 valence electrons. The minimum absolute atomic E-state index is 0. The maximum atomic E-state index is 11.6. The Bertz CT molecular complexity index is 746. The molecule has 0 saturated carbocycles. The third kappa shape index (κ3) is 6.32. The number of sulfonamides is 1. The number of aliphatic imine (C=N–C) groups is 1. The molecule has 1 atom stereocenters. The molecular weight excluding hydrogens is 475 g/mol. The second-order valence-electron chi connectivity index (χ2n) is 7.41. The average Bonchev–Trinajstić information content (AvgIpc) is 2.64. The van der Waals surface area contributed by atoms with Crippen molar-refractivity contribution in [2.75, 3.05) is 32.9 Å². The highest BCUT2D eigenvalue weighted by Crippen LogP contribution is 2.21. The van der Waals surface area contributed by atoms with Crippen molar-refractivity contribution < 1.29 is 8.42 Å². The molecular formula is C19H31IN4O2S. The number of nitrogens with zero attached hydrogens (tertiary/aromatic N) is 2. The van der Waals surface area contributed by atoms with Crippen molar-refractivity contribution in [3.05, 3.63) is 35.4 Å². The summed E-state index contributed by atoms with van der Waals surface area (Å²) in [6.45, 7) is 2.08. The van der Waals surface area contributed by atoms with Crippen molar-refractivity contribution in [3.63, 3.8) is 0 Å².